The Labute approximate surface area is 160 Å². The lowest BCUT2D eigenvalue weighted by atomic mass is 9.89. The molecule has 1 aliphatic rings. The van der Waals surface area contributed by atoms with Gasteiger partial charge >= 0.3 is 0 Å². The number of nitrogens with zero attached hydrogens (tertiary/aromatic N) is 1. The van der Waals surface area contributed by atoms with Crippen LogP contribution in [0.4, 0.5) is 10.1 Å². The molecule has 4 N–H and O–H groups in total. The number of halogens is 1. The maximum absolute atomic E-state index is 14.5. The number of aliphatic imine (C=N–C) groups is 1. The van der Waals surface area contributed by atoms with E-state index in [2.05, 4.69) is 15.3 Å². The third-order valence-corrected chi connectivity index (χ3v) is 5.57. The summed E-state index contributed by atoms with van der Waals surface area (Å²) in [6.07, 6.45) is 0.675. The van der Waals surface area contributed by atoms with Crippen molar-refractivity contribution in [3.8, 4) is 0 Å². The number of fused-ring (bicyclic) bond motifs is 1. The van der Waals surface area contributed by atoms with E-state index < -0.39 is 5.54 Å². The molecule has 5 nitrogen and oxygen atoms in total. The monoisotopic (exact) mass is 382 g/mol. The largest absolute Gasteiger partial charge is 0.379 e. The fourth-order valence-electron chi connectivity index (χ4n) is 3.29. The number of aromatic nitrogens is 1. The van der Waals surface area contributed by atoms with Gasteiger partial charge in [-0.05, 0) is 43.7 Å². The second-order valence-corrected chi connectivity index (χ2v) is 7.86. The zero-order chi connectivity index (χ0) is 19.0. The molecule has 0 unspecified atom stereocenters. The van der Waals surface area contributed by atoms with Crippen LogP contribution in [0, 0.1) is 5.82 Å². The lowest BCUT2D eigenvalue weighted by Crippen LogP contribution is -2.29. The number of benzene rings is 2. The summed E-state index contributed by atoms with van der Waals surface area (Å²) in [5, 5.41) is 4.24. The topological polar surface area (TPSA) is 83.3 Å². The highest BCUT2D eigenvalue weighted by Crippen LogP contribution is 2.37. The van der Waals surface area contributed by atoms with Crippen LogP contribution in [0.25, 0.3) is 10.9 Å². The van der Waals surface area contributed by atoms with Gasteiger partial charge in [0, 0.05) is 27.9 Å². The van der Waals surface area contributed by atoms with E-state index in [1.165, 1.54) is 17.8 Å². The number of amidine groups is 1. The van der Waals surface area contributed by atoms with Crippen LogP contribution in [-0.4, -0.2) is 21.8 Å². The molecule has 27 heavy (non-hydrogen) atoms. The summed E-state index contributed by atoms with van der Waals surface area (Å²) >= 11 is 1.47. The SMILES string of the molecule is C[C@@]1(c2cc(NC(=O)c3cc4ccccc4[nH]3)ccc2F)CCSC(N)=N1. The average molecular weight is 382 g/mol. The van der Waals surface area contributed by atoms with Crippen LogP contribution >= 0.6 is 11.8 Å². The third-order valence-electron chi connectivity index (χ3n) is 4.77. The van der Waals surface area contributed by atoms with Crippen LogP contribution in [0.15, 0.2) is 53.5 Å². The Kier molecular flexibility index (Phi) is 4.39. The van der Waals surface area contributed by atoms with Gasteiger partial charge in [-0.25, -0.2) is 4.39 Å². The van der Waals surface area contributed by atoms with Gasteiger partial charge in [0.1, 0.15) is 11.5 Å². The predicted molar refractivity (Wildman–Crippen MR) is 109 cm³/mol. The Morgan fingerprint density at radius 3 is 2.89 bits per heavy atom. The van der Waals surface area contributed by atoms with Crippen molar-refractivity contribution >= 4 is 39.4 Å². The standard InChI is InChI=1S/C20H19FN4OS/c1-20(8-9-27-19(22)25-20)14-11-13(6-7-15(14)21)23-18(26)17-10-12-4-2-3-5-16(12)24-17/h2-7,10-11,24H,8-9H2,1H3,(H2,22,25)(H,23,26)/t20-/m0/s1. The highest BCUT2D eigenvalue weighted by atomic mass is 32.2. The summed E-state index contributed by atoms with van der Waals surface area (Å²) in [6, 6.07) is 14.0. The number of amides is 1. The first-order valence-electron chi connectivity index (χ1n) is 8.62. The van der Waals surface area contributed by atoms with Crippen molar-refractivity contribution in [2.24, 2.45) is 10.7 Å². The van der Waals surface area contributed by atoms with Gasteiger partial charge in [-0.1, -0.05) is 30.0 Å². The molecular formula is C20H19FN4OS. The molecule has 0 saturated heterocycles. The fraction of sp³-hybridized carbons (Fsp3) is 0.200. The van der Waals surface area contributed by atoms with Crippen LogP contribution in [-0.2, 0) is 5.54 Å². The zero-order valence-corrected chi connectivity index (χ0v) is 15.6. The van der Waals surface area contributed by atoms with Crippen molar-refractivity contribution in [1.29, 1.82) is 0 Å². The second kappa shape index (κ2) is 6.74. The van der Waals surface area contributed by atoms with Crippen LogP contribution in [0.3, 0.4) is 0 Å². The molecule has 1 aliphatic heterocycles. The molecule has 1 amide bonds. The Morgan fingerprint density at radius 2 is 2.11 bits per heavy atom. The molecule has 4 rings (SSSR count). The fourth-order valence-corrected chi connectivity index (χ4v) is 4.27. The van der Waals surface area contributed by atoms with Crippen molar-refractivity contribution in [3.05, 3.63) is 65.6 Å². The lowest BCUT2D eigenvalue weighted by Gasteiger charge is -2.30. The highest BCUT2D eigenvalue weighted by molar-refractivity contribution is 8.13. The van der Waals surface area contributed by atoms with Crippen molar-refractivity contribution in [3.63, 3.8) is 0 Å². The first-order valence-corrected chi connectivity index (χ1v) is 9.60. The number of anilines is 1. The lowest BCUT2D eigenvalue weighted by molar-refractivity contribution is 0.102. The molecule has 138 valence electrons. The van der Waals surface area contributed by atoms with Gasteiger partial charge in [0.25, 0.3) is 5.91 Å². The minimum Gasteiger partial charge on any atom is -0.379 e. The molecule has 1 aromatic heterocycles. The highest BCUT2D eigenvalue weighted by Gasteiger charge is 2.32. The summed E-state index contributed by atoms with van der Waals surface area (Å²) in [4.78, 5) is 20.1. The number of aromatic amines is 1. The molecule has 1 atom stereocenters. The minimum atomic E-state index is -0.735. The van der Waals surface area contributed by atoms with Gasteiger partial charge in [-0.15, -0.1) is 0 Å². The zero-order valence-electron chi connectivity index (χ0n) is 14.8. The quantitative estimate of drug-likeness (QED) is 0.634. The number of rotatable bonds is 3. The summed E-state index contributed by atoms with van der Waals surface area (Å²) in [5.41, 5.74) is 7.40. The molecule has 7 heteroatoms. The number of carbonyl (C=O) groups excluding carboxylic acids is 1. The number of nitrogens with two attached hydrogens (primary N) is 1. The van der Waals surface area contributed by atoms with E-state index in [1.807, 2.05) is 31.2 Å². The Hall–Kier alpha value is -2.80. The summed E-state index contributed by atoms with van der Waals surface area (Å²) in [7, 11) is 0. The van der Waals surface area contributed by atoms with E-state index in [0.717, 1.165) is 16.7 Å². The molecule has 0 bridgehead atoms. The first kappa shape index (κ1) is 17.6. The molecule has 0 saturated carbocycles. The first-order chi connectivity index (χ1) is 12.9. The van der Waals surface area contributed by atoms with Crippen LogP contribution in [0.1, 0.15) is 29.4 Å². The number of carbonyl (C=O) groups is 1. The normalized spacial score (nSPS) is 19.7. The number of H-pyrrole nitrogens is 1. The number of hydrogen-bond donors (Lipinski definition) is 3. The molecule has 3 aromatic rings. The van der Waals surface area contributed by atoms with E-state index in [1.54, 1.807) is 18.2 Å². The van der Waals surface area contributed by atoms with Crippen LogP contribution in [0.2, 0.25) is 0 Å². The second-order valence-electron chi connectivity index (χ2n) is 6.74. The number of nitrogens with one attached hydrogen (secondary N) is 2. The van der Waals surface area contributed by atoms with Gasteiger partial charge in [-0.2, -0.15) is 0 Å². The molecule has 0 aliphatic carbocycles. The Bertz CT molecular complexity index is 1030. The Balaban J connectivity index is 1.63. The average Bonchev–Trinajstić information content (AvgIpc) is 3.07. The van der Waals surface area contributed by atoms with Gasteiger partial charge < -0.3 is 16.0 Å². The van der Waals surface area contributed by atoms with Crippen LogP contribution in [0.5, 0.6) is 0 Å². The molecule has 2 heterocycles. The van der Waals surface area contributed by atoms with Crippen molar-refractivity contribution in [2.75, 3.05) is 11.1 Å². The van der Waals surface area contributed by atoms with Gasteiger partial charge in [0.15, 0.2) is 5.17 Å². The number of hydrogen-bond acceptors (Lipinski definition) is 4. The number of thioether (sulfide) groups is 1. The van der Waals surface area contributed by atoms with E-state index in [4.69, 9.17) is 5.73 Å². The molecule has 0 fully saturated rings. The summed E-state index contributed by atoms with van der Waals surface area (Å²) in [6.45, 7) is 1.86. The molecule has 0 spiro atoms. The van der Waals surface area contributed by atoms with E-state index in [0.29, 0.717) is 28.5 Å². The summed E-state index contributed by atoms with van der Waals surface area (Å²) in [5.74, 6) is 0.136. The molecule has 2 aromatic carbocycles. The molecule has 0 radical (unpaired) electrons. The predicted octanol–water partition coefficient (Wildman–Crippen LogP) is 4.23. The summed E-state index contributed by atoms with van der Waals surface area (Å²) < 4.78 is 14.5. The maximum Gasteiger partial charge on any atom is 0.272 e. The van der Waals surface area contributed by atoms with Gasteiger partial charge in [0.05, 0.1) is 5.54 Å². The van der Waals surface area contributed by atoms with E-state index in [-0.39, 0.29) is 11.7 Å². The van der Waals surface area contributed by atoms with Gasteiger partial charge in [0.2, 0.25) is 0 Å². The van der Waals surface area contributed by atoms with Crippen LogP contribution < -0.4 is 11.1 Å². The molecular weight excluding hydrogens is 363 g/mol. The smallest absolute Gasteiger partial charge is 0.272 e. The minimum absolute atomic E-state index is 0.281. The van der Waals surface area contributed by atoms with E-state index in [9.17, 15) is 9.18 Å². The van der Waals surface area contributed by atoms with E-state index >= 15 is 0 Å². The Morgan fingerprint density at radius 1 is 1.30 bits per heavy atom. The number of para-hydroxylation sites is 1. The maximum atomic E-state index is 14.5. The van der Waals surface area contributed by atoms with Gasteiger partial charge in [-0.3, -0.25) is 9.79 Å². The van der Waals surface area contributed by atoms with Crippen molar-refractivity contribution in [1.82, 2.24) is 4.98 Å². The van der Waals surface area contributed by atoms with Crippen molar-refractivity contribution < 1.29 is 9.18 Å². The van der Waals surface area contributed by atoms with Crippen molar-refractivity contribution in [2.45, 2.75) is 18.9 Å². The third kappa shape index (κ3) is 3.42.